The van der Waals surface area contributed by atoms with Crippen molar-refractivity contribution in [2.75, 3.05) is 12.3 Å². The Kier molecular flexibility index (Phi) is 6.02. The highest BCUT2D eigenvalue weighted by molar-refractivity contribution is 7.61. The first-order valence-electron chi connectivity index (χ1n) is 4.18. The molecule has 0 unspecified atom stereocenters. The number of hydrogen-bond acceptors (Lipinski definition) is 0. The van der Waals surface area contributed by atoms with E-state index in [1.165, 1.54) is 30.5 Å². The van der Waals surface area contributed by atoms with Crippen LogP contribution < -0.4 is 0 Å². The zero-order valence-electron chi connectivity index (χ0n) is 7.48. The molecule has 0 aromatic rings. The van der Waals surface area contributed by atoms with Gasteiger partial charge in [0.05, 0.1) is 0 Å². The van der Waals surface area contributed by atoms with Gasteiger partial charge in [-0.25, -0.2) is 0 Å². The fourth-order valence-electron chi connectivity index (χ4n) is 1.12. The van der Waals surface area contributed by atoms with E-state index in [2.05, 4.69) is 27.4 Å². The summed E-state index contributed by atoms with van der Waals surface area (Å²) < 4.78 is 0. The molecule has 0 amide bonds. The Labute approximate surface area is 66.5 Å². The first-order valence-corrected chi connectivity index (χ1v) is 5.90. The largest absolute Gasteiger partial charge is 0.0954 e. The van der Waals surface area contributed by atoms with Gasteiger partial charge in [-0.3, -0.25) is 0 Å². The van der Waals surface area contributed by atoms with Crippen molar-refractivity contribution in [1.29, 1.82) is 0 Å². The number of allylic oxidation sites excluding steroid dienone is 1. The van der Waals surface area contributed by atoms with E-state index in [0.717, 1.165) is 0 Å². The molecule has 0 aliphatic rings. The molecule has 0 nitrogen and oxygen atoms in total. The minimum atomic E-state index is 0.182. The van der Waals surface area contributed by atoms with E-state index in [4.69, 9.17) is 0 Å². The molecule has 0 rings (SSSR count). The molecule has 0 aromatic carbocycles. The zero-order valence-corrected chi connectivity index (χ0v) is 8.38. The van der Waals surface area contributed by atoms with Crippen LogP contribution in [-0.2, 0) is 0 Å². The van der Waals surface area contributed by atoms with E-state index >= 15 is 0 Å². The predicted molar refractivity (Wildman–Crippen MR) is 52.1 cm³/mol. The SMILES string of the molecule is C=C(CCC)P(CC)CC. The van der Waals surface area contributed by atoms with Crippen LogP contribution in [0.3, 0.4) is 0 Å². The van der Waals surface area contributed by atoms with Crippen molar-refractivity contribution in [3.63, 3.8) is 0 Å². The van der Waals surface area contributed by atoms with Gasteiger partial charge in [-0.2, -0.15) is 0 Å². The van der Waals surface area contributed by atoms with Gasteiger partial charge >= 0.3 is 0 Å². The normalized spacial score (nSPS) is 10.4. The van der Waals surface area contributed by atoms with Gasteiger partial charge in [0.2, 0.25) is 0 Å². The molecule has 0 aromatic heterocycles. The smallest absolute Gasteiger partial charge is 0.0283 e. The molecule has 0 aliphatic heterocycles. The lowest BCUT2D eigenvalue weighted by Crippen LogP contribution is -1.86. The van der Waals surface area contributed by atoms with Crippen LogP contribution in [0.5, 0.6) is 0 Å². The van der Waals surface area contributed by atoms with Crippen LogP contribution in [0.15, 0.2) is 11.9 Å². The van der Waals surface area contributed by atoms with Crippen LogP contribution in [0.2, 0.25) is 0 Å². The van der Waals surface area contributed by atoms with Gasteiger partial charge in [-0.1, -0.05) is 47.0 Å². The second-order valence-corrected chi connectivity index (χ2v) is 5.47. The highest BCUT2D eigenvalue weighted by Gasteiger charge is 2.04. The van der Waals surface area contributed by atoms with Crippen LogP contribution in [-0.4, -0.2) is 12.3 Å². The molecule has 0 radical (unpaired) electrons. The molecular formula is C9H19P. The minimum Gasteiger partial charge on any atom is -0.0954 e. The molecule has 0 saturated heterocycles. The third kappa shape index (κ3) is 3.37. The Bertz CT molecular complexity index is 92.9. The molecule has 1 heteroatoms. The van der Waals surface area contributed by atoms with Crippen LogP contribution >= 0.6 is 7.92 Å². The first-order chi connectivity index (χ1) is 4.76. The Hall–Kier alpha value is 0.170. The second kappa shape index (κ2) is 5.92. The summed E-state index contributed by atoms with van der Waals surface area (Å²) in [4.78, 5) is 0. The van der Waals surface area contributed by atoms with Crippen molar-refractivity contribution in [1.82, 2.24) is 0 Å². The van der Waals surface area contributed by atoms with Crippen LogP contribution in [0, 0.1) is 0 Å². The molecule has 0 aliphatic carbocycles. The summed E-state index contributed by atoms with van der Waals surface area (Å²) >= 11 is 0. The zero-order chi connectivity index (χ0) is 7.98. The van der Waals surface area contributed by atoms with E-state index in [1.54, 1.807) is 0 Å². The molecule has 10 heavy (non-hydrogen) atoms. The summed E-state index contributed by atoms with van der Waals surface area (Å²) in [7, 11) is 0.182. The van der Waals surface area contributed by atoms with E-state index in [0.29, 0.717) is 0 Å². The Morgan fingerprint density at radius 1 is 1.20 bits per heavy atom. The molecule has 0 heterocycles. The summed E-state index contributed by atoms with van der Waals surface area (Å²) in [6.07, 6.45) is 5.15. The van der Waals surface area contributed by atoms with Crippen molar-refractivity contribution >= 4 is 7.92 Å². The van der Waals surface area contributed by atoms with Crippen molar-refractivity contribution in [2.45, 2.75) is 33.6 Å². The lowest BCUT2D eigenvalue weighted by Gasteiger charge is -2.15. The van der Waals surface area contributed by atoms with Crippen LogP contribution in [0.25, 0.3) is 0 Å². The van der Waals surface area contributed by atoms with Crippen molar-refractivity contribution < 1.29 is 0 Å². The molecule has 0 spiro atoms. The molecule has 0 atom stereocenters. The van der Waals surface area contributed by atoms with E-state index in [9.17, 15) is 0 Å². The average Bonchev–Trinajstić information content (AvgIpc) is 1.91. The van der Waals surface area contributed by atoms with Gasteiger partial charge < -0.3 is 0 Å². The fraction of sp³-hybridized carbons (Fsp3) is 0.778. The van der Waals surface area contributed by atoms with E-state index < -0.39 is 0 Å². The van der Waals surface area contributed by atoms with Crippen molar-refractivity contribution in [3.8, 4) is 0 Å². The maximum Gasteiger partial charge on any atom is -0.0283 e. The third-order valence-corrected chi connectivity index (χ3v) is 4.39. The van der Waals surface area contributed by atoms with Gasteiger partial charge in [-0.15, -0.1) is 0 Å². The Morgan fingerprint density at radius 3 is 2.00 bits per heavy atom. The molecule has 60 valence electrons. The highest BCUT2D eigenvalue weighted by Crippen LogP contribution is 2.44. The summed E-state index contributed by atoms with van der Waals surface area (Å²) in [5.74, 6) is 0. The molecule has 0 fully saturated rings. The van der Waals surface area contributed by atoms with Crippen molar-refractivity contribution in [2.24, 2.45) is 0 Å². The van der Waals surface area contributed by atoms with Crippen LogP contribution in [0.4, 0.5) is 0 Å². The first kappa shape index (κ1) is 10.2. The molecular weight excluding hydrogens is 139 g/mol. The van der Waals surface area contributed by atoms with E-state index in [1.807, 2.05) is 0 Å². The van der Waals surface area contributed by atoms with Gasteiger partial charge in [0, 0.05) is 0 Å². The number of hydrogen-bond donors (Lipinski definition) is 0. The maximum absolute atomic E-state index is 4.12. The molecule has 0 N–H and O–H groups in total. The summed E-state index contributed by atoms with van der Waals surface area (Å²) in [5.41, 5.74) is 0. The lowest BCUT2D eigenvalue weighted by atomic mass is 10.3. The summed E-state index contributed by atoms with van der Waals surface area (Å²) in [6, 6.07) is 0. The quantitative estimate of drug-likeness (QED) is 0.533. The van der Waals surface area contributed by atoms with Gasteiger partial charge in [0.25, 0.3) is 0 Å². The highest BCUT2D eigenvalue weighted by atomic mass is 31.1. The van der Waals surface area contributed by atoms with Crippen LogP contribution in [0.1, 0.15) is 33.6 Å². The lowest BCUT2D eigenvalue weighted by molar-refractivity contribution is 0.945. The number of rotatable bonds is 5. The van der Waals surface area contributed by atoms with Gasteiger partial charge in [0.15, 0.2) is 0 Å². The minimum absolute atomic E-state index is 0.182. The Balaban J connectivity index is 3.65. The van der Waals surface area contributed by atoms with Crippen molar-refractivity contribution in [3.05, 3.63) is 11.9 Å². The standard InChI is InChI=1S/C9H19P/c1-5-8-9(4)10(6-2)7-3/h4-8H2,1-3H3. The third-order valence-electron chi connectivity index (χ3n) is 1.75. The monoisotopic (exact) mass is 158 g/mol. The fourth-order valence-corrected chi connectivity index (χ4v) is 3.00. The maximum atomic E-state index is 4.12. The molecule has 0 saturated carbocycles. The van der Waals surface area contributed by atoms with E-state index in [-0.39, 0.29) is 7.92 Å². The summed E-state index contributed by atoms with van der Waals surface area (Å²) in [6.45, 7) is 10.9. The van der Waals surface area contributed by atoms with Gasteiger partial charge in [0.1, 0.15) is 0 Å². The van der Waals surface area contributed by atoms with Gasteiger partial charge in [-0.05, 0) is 18.7 Å². The topological polar surface area (TPSA) is 0 Å². The Morgan fingerprint density at radius 2 is 1.70 bits per heavy atom. The molecule has 0 bridgehead atoms. The average molecular weight is 158 g/mol. The summed E-state index contributed by atoms with van der Waals surface area (Å²) in [5, 5.41) is 1.52. The predicted octanol–water partition coefficient (Wildman–Crippen LogP) is 3.82. The second-order valence-electron chi connectivity index (χ2n) is 2.49.